The SMILES string of the molecule is CCC1(C)C(=O)N(C)c2ccc(O)cc21. The lowest BCUT2D eigenvalue weighted by Crippen LogP contribution is -2.35. The van der Waals surface area contributed by atoms with Gasteiger partial charge in [0, 0.05) is 12.7 Å². The second-order valence-electron chi connectivity index (χ2n) is 4.25. The van der Waals surface area contributed by atoms with Gasteiger partial charge in [-0.25, -0.2) is 0 Å². The zero-order valence-corrected chi connectivity index (χ0v) is 9.24. The third-order valence-corrected chi connectivity index (χ3v) is 3.42. The number of fused-ring (bicyclic) bond motifs is 1. The van der Waals surface area contributed by atoms with Gasteiger partial charge in [-0.15, -0.1) is 0 Å². The van der Waals surface area contributed by atoms with Crippen LogP contribution in [-0.4, -0.2) is 18.1 Å². The lowest BCUT2D eigenvalue weighted by Gasteiger charge is -2.20. The topological polar surface area (TPSA) is 40.5 Å². The lowest BCUT2D eigenvalue weighted by atomic mass is 9.81. The molecule has 0 bridgehead atoms. The second kappa shape index (κ2) is 2.99. The molecule has 1 aliphatic heterocycles. The fourth-order valence-electron chi connectivity index (χ4n) is 2.19. The van der Waals surface area contributed by atoms with Gasteiger partial charge in [-0.2, -0.15) is 0 Å². The van der Waals surface area contributed by atoms with Gasteiger partial charge in [0.25, 0.3) is 0 Å². The van der Waals surface area contributed by atoms with Crippen LogP contribution < -0.4 is 4.90 Å². The molecule has 0 saturated carbocycles. The van der Waals surface area contributed by atoms with Gasteiger partial charge >= 0.3 is 0 Å². The van der Waals surface area contributed by atoms with Crippen LogP contribution >= 0.6 is 0 Å². The highest BCUT2D eigenvalue weighted by Gasteiger charge is 2.44. The van der Waals surface area contributed by atoms with Gasteiger partial charge < -0.3 is 10.0 Å². The monoisotopic (exact) mass is 205 g/mol. The fraction of sp³-hybridized carbons (Fsp3) is 0.417. The van der Waals surface area contributed by atoms with Gasteiger partial charge in [0.15, 0.2) is 0 Å². The number of rotatable bonds is 1. The van der Waals surface area contributed by atoms with Crippen LogP contribution in [0.3, 0.4) is 0 Å². The molecule has 3 nitrogen and oxygen atoms in total. The van der Waals surface area contributed by atoms with Crippen LogP contribution in [0, 0.1) is 0 Å². The van der Waals surface area contributed by atoms with E-state index >= 15 is 0 Å². The van der Waals surface area contributed by atoms with Crippen molar-refractivity contribution in [1.82, 2.24) is 0 Å². The Labute approximate surface area is 89.3 Å². The summed E-state index contributed by atoms with van der Waals surface area (Å²) in [6.45, 7) is 3.92. The van der Waals surface area contributed by atoms with Crippen LogP contribution in [0.1, 0.15) is 25.8 Å². The molecule has 1 aromatic rings. The van der Waals surface area contributed by atoms with E-state index in [-0.39, 0.29) is 11.7 Å². The van der Waals surface area contributed by atoms with Crippen LogP contribution in [0.25, 0.3) is 0 Å². The Morgan fingerprint density at radius 2 is 2.13 bits per heavy atom. The van der Waals surface area contributed by atoms with E-state index in [0.717, 1.165) is 17.7 Å². The average Bonchev–Trinajstić information content (AvgIpc) is 2.42. The molecule has 3 heteroatoms. The van der Waals surface area contributed by atoms with E-state index in [9.17, 15) is 9.90 Å². The van der Waals surface area contributed by atoms with Gasteiger partial charge in [0.1, 0.15) is 5.75 Å². The summed E-state index contributed by atoms with van der Waals surface area (Å²) in [5.41, 5.74) is 1.35. The Kier molecular flexibility index (Phi) is 2.00. The van der Waals surface area contributed by atoms with Crippen LogP contribution in [-0.2, 0) is 10.2 Å². The molecule has 0 aromatic heterocycles. The molecule has 15 heavy (non-hydrogen) atoms. The number of carbonyl (C=O) groups excluding carboxylic acids is 1. The van der Waals surface area contributed by atoms with Crippen LogP contribution in [0.2, 0.25) is 0 Å². The van der Waals surface area contributed by atoms with Crippen molar-refractivity contribution >= 4 is 11.6 Å². The molecule has 0 spiro atoms. The summed E-state index contributed by atoms with van der Waals surface area (Å²) in [6, 6.07) is 5.10. The number of aromatic hydroxyl groups is 1. The van der Waals surface area contributed by atoms with Crippen molar-refractivity contribution in [2.24, 2.45) is 0 Å². The molecule has 1 aromatic carbocycles. The Hall–Kier alpha value is -1.51. The van der Waals surface area contributed by atoms with Crippen molar-refractivity contribution in [1.29, 1.82) is 0 Å². The molecule has 1 atom stereocenters. The molecule has 1 N–H and O–H groups in total. The van der Waals surface area contributed by atoms with Crippen LogP contribution in [0.4, 0.5) is 5.69 Å². The summed E-state index contributed by atoms with van der Waals surface area (Å²) in [7, 11) is 1.78. The Morgan fingerprint density at radius 1 is 1.47 bits per heavy atom. The smallest absolute Gasteiger partial charge is 0.237 e. The first kappa shape index (κ1) is 10.0. The number of phenolic OH excluding ortho intramolecular Hbond substituents is 1. The zero-order chi connectivity index (χ0) is 11.2. The number of carbonyl (C=O) groups is 1. The highest BCUT2D eigenvalue weighted by Crippen LogP contribution is 2.44. The largest absolute Gasteiger partial charge is 0.508 e. The van der Waals surface area contributed by atoms with Crippen molar-refractivity contribution < 1.29 is 9.90 Å². The summed E-state index contributed by atoms with van der Waals surface area (Å²) in [5.74, 6) is 0.321. The Bertz CT molecular complexity index is 428. The maximum atomic E-state index is 12.1. The average molecular weight is 205 g/mol. The van der Waals surface area contributed by atoms with E-state index in [0.29, 0.717) is 0 Å². The standard InChI is InChI=1S/C12H15NO2/c1-4-12(2)9-7-8(14)5-6-10(9)13(3)11(12)15/h5-7,14H,4H2,1-3H3. The predicted molar refractivity (Wildman–Crippen MR) is 59.2 cm³/mol. The van der Waals surface area contributed by atoms with E-state index in [1.54, 1.807) is 30.1 Å². The van der Waals surface area contributed by atoms with E-state index in [1.807, 2.05) is 13.8 Å². The van der Waals surface area contributed by atoms with E-state index < -0.39 is 5.41 Å². The van der Waals surface area contributed by atoms with Gasteiger partial charge in [0.2, 0.25) is 5.91 Å². The van der Waals surface area contributed by atoms with E-state index in [2.05, 4.69) is 0 Å². The van der Waals surface area contributed by atoms with Gasteiger partial charge in [0.05, 0.1) is 5.41 Å². The van der Waals surface area contributed by atoms with Crippen molar-refractivity contribution in [2.45, 2.75) is 25.7 Å². The van der Waals surface area contributed by atoms with E-state index in [1.165, 1.54) is 0 Å². The summed E-state index contributed by atoms with van der Waals surface area (Å²) in [6.07, 6.45) is 0.743. The maximum absolute atomic E-state index is 12.1. The van der Waals surface area contributed by atoms with Crippen molar-refractivity contribution in [3.63, 3.8) is 0 Å². The summed E-state index contributed by atoms with van der Waals surface area (Å²) < 4.78 is 0. The molecular formula is C12H15NO2. The number of likely N-dealkylation sites (N-methyl/N-ethyl adjacent to an activating group) is 1. The summed E-state index contributed by atoms with van der Waals surface area (Å²) >= 11 is 0. The summed E-state index contributed by atoms with van der Waals surface area (Å²) in [4.78, 5) is 13.7. The number of nitrogens with zero attached hydrogens (tertiary/aromatic N) is 1. The number of amides is 1. The minimum atomic E-state index is -0.483. The molecule has 0 saturated heterocycles. The molecule has 1 aliphatic rings. The maximum Gasteiger partial charge on any atom is 0.237 e. The fourth-order valence-corrected chi connectivity index (χ4v) is 2.19. The lowest BCUT2D eigenvalue weighted by molar-refractivity contribution is -0.122. The highest BCUT2D eigenvalue weighted by molar-refractivity contribution is 6.07. The Balaban J connectivity index is 2.67. The minimum absolute atomic E-state index is 0.102. The van der Waals surface area contributed by atoms with Crippen LogP contribution in [0.15, 0.2) is 18.2 Å². The molecule has 0 radical (unpaired) electrons. The normalized spacial score (nSPS) is 24.5. The first-order valence-electron chi connectivity index (χ1n) is 5.12. The minimum Gasteiger partial charge on any atom is -0.508 e. The molecule has 0 fully saturated rings. The van der Waals surface area contributed by atoms with Crippen molar-refractivity contribution in [2.75, 3.05) is 11.9 Å². The molecule has 1 amide bonds. The number of anilines is 1. The van der Waals surface area contributed by atoms with Crippen LogP contribution in [0.5, 0.6) is 5.75 Å². The molecule has 0 aliphatic carbocycles. The number of phenols is 1. The molecular weight excluding hydrogens is 190 g/mol. The number of benzene rings is 1. The van der Waals surface area contributed by atoms with Gasteiger partial charge in [-0.3, -0.25) is 4.79 Å². The third kappa shape index (κ3) is 1.16. The first-order valence-corrected chi connectivity index (χ1v) is 5.12. The predicted octanol–water partition coefficient (Wildman–Crippen LogP) is 2.04. The highest BCUT2D eigenvalue weighted by atomic mass is 16.3. The molecule has 1 heterocycles. The number of hydrogen-bond acceptors (Lipinski definition) is 2. The number of hydrogen-bond donors (Lipinski definition) is 1. The third-order valence-electron chi connectivity index (χ3n) is 3.42. The molecule has 1 unspecified atom stereocenters. The summed E-state index contributed by atoms with van der Waals surface area (Å²) in [5, 5.41) is 9.47. The molecule has 2 rings (SSSR count). The Morgan fingerprint density at radius 3 is 2.73 bits per heavy atom. The van der Waals surface area contributed by atoms with Crippen molar-refractivity contribution in [3.8, 4) is 5.75 Å². The van der Waals surface area contributed by atoms with Gasteiger partial charge in [-0.1, -0.05) is 6.92 Å². The molecule has 80 valence electrons. The quantitative estimate of drug-likeness (QED) is 0.762. The zero-order valence-electron chi connectivity index (χ0n) is 9.24. The first-order chi connectivity index (χ1) is 7.00. The van der Waals surface area contributed by atoms with Gasteiger partial charge in [-0.05, 0) is 37.1 Å². The van der Waals surface area contributed by atoms with Crippen molar-refractivity contribution in [3.05, 3.63) is 23.8 Å². The van der Waals surface area contributed by atoms with E-state index in [4.69, 9.17) is 0 Å². The second-order valence-corrected chi connectivity index (χ2v) is 4.25.